The molecule has 0 amide bonds. The Labute approximate surface area is 239 Å². The highest BCUT2D eigenvalue weighted by Crippen LogP contribution is 2.35. The lowest BCUT2D eigenvalue weighted by molar-refractivity contribution is -0.179. The number of alkyl halides is 3. The number of hydrogen-bond donors (Lipinski definition) is 0. The van der Waals surface area contributed by atoms with Crippen LogP contribution in [0.3, 0.4) is 0 Å². The molecule has 0 N–H and O–H groups in total. The SMILES string of the molecule is CCCCCCCCC1(OCc2ccc(OCCC(CCCC)C(F)(F)F)cc2)C=CC(c2ccccc2)=CC1. The van der Waals surface area contributed by atoms with Gasteiger partial charge in [0, 0.05) is 0 Å². The molecule has 1 aliphatic rings. The number of allylic oxidation sites excluding steroid dienone is 2. The van der Waals surface area contributed by atoms with Gasteiger partial charge in [0.2, 0.25) is 0 Å². The second-order valence-electron chi connectivity index (χ2n) is 11.1. The van der Waals surface area contributed by atoms with E-state index in [0.29, 0.717) is 18.8 Å². The molecule has 0 saturated heterocycles. The monoisotopic (exact) mass is 556 g/mol. The predicted octanol–water partition coefficient (Wildman–Crippen LogP) is 10.9. The number of benzene rings is 2. The van der Waals surface area contributed by atoms with Crippen LogP contribution in [-0.2, 0) is 11.3 Å². The molecule has 2 unspecified atom stereocenters. The maximum Gasteiger partial charge on any atom is 0.391 e. The van der Waals surface area contributed by atoms with Crippen molar-refractivity contribution in [3.63, 3.8) is 0 Å². The minimum atomic E-state index is -4.17. The van der Waals surface area contributed by atoms with E-state index in [0.717, 1.165) is 31.2 Å². The smallest absolute Gasteiger partial charge is 0.391 e. The molecule has 0 aromatic heterocycles. The third-order valence-corrected chi connectivity index (χ3v) is 7.85. The second-order valence-corrected chi connectivity index (χ2v) is 11.1. The van der Waals surface area contributed by atoms with Gasteiger partial charge < -0.3 is 9.47 Å². The fourth-order valence-corrected chi connectivity index (χ4v) is 5.22. The van der Waals surface area contributed by atoms with E-state index in [2.05, 4.69) is 49.4 Å². The zero-order chi connectivity index (χ0) is 28.7. The number of hydrogen-bond acceptors (Lipinski definition) is 2. The van der Waals surface area contributed by atoms with E-state index in [4.69, 9.17) is 9.47 Å². The van der Waals surface area contributed by atoms with Crippen molar-refractivity contribution in [1.82, 2.24) is 0 Å². The molecule has 40 heavy (non-hydrogen) atoms. The number of halogens is 3. The lowest BCUT2D eigenvalue weighted by atomic mass is 9.85. The quantitative estimate of drug-likeness (QED) is 0.170. The standard InChI is InChI=1S/C35H47F3O2/c1-3-5-7-8-9-13-24-34(25-21-31(22-26-34)30-14-11-10-12-15-30)40-28-29-17-19-33(20-18-29)39-27-23-32(16-6-4-2)35(36,37)38/h10-12,14-15,17-22,25,32H,3-9,13,16,23-24,26-28H2,1-2H3. The fourth-order valence-electron chi connectivity index (χ4n) is 5.22. The summed E-state index contributed by atoms with van der Waals surface area (Å²) in [5, 5.41) is 0. The van der Waals surface area contributed by atoms with Gasteiger partial charge in [0.25, 0.3) is 0 Å². The van der Waals surface area contributed by atoms with E-state index in [1.54, 1.807) is 0 Å². The molecule has 2 nitrogen and oxygen atoms in total. The van der Waals surface area contributed by atoms with Crippen molar-refractivity contribution in [1.29, 1.82) is 0 Å². The maximum atomic E-state index is 13.3. The van der Waals surface area contributed by atoms with Gasteiger partial charge in [-0.25, -0.2) is 0 Å². The van der Waals surface area contributed by atoms with E-state index >= 15 is 0 Å². The number of unbranched alkanes of at least 4 members (excludes halogenated alkanes) is 6. The Morgan fingerprint density at radius 1 is 0.825 bits per heavy atom. The summed E-state index contributed by atoms with van der Waals surface area (Å²) >= 11 is 0. The van der Waals surface area contributed by atoms with E-state index in [1.165, 1.54) is 43.2 Å². The van der Waals surface area contributed by atoms with Crippen LogP contribution in [0.4, 0.5) is 13.2 Å². The molecule has 2 aromatic carbocycles. The molecule has 0 saturated carbocycles. The highest BCUT2D eigenvalue weighted by atomic mass is 19.4. The Bertz CT molecular complexity index is 1030. The molecule has 3 rings (SSSR count). The average Bonchev–Trinajstić information content (AvgIpc) is 2.96. The first-order chi connectivity index (χ1) is 19.3. The van der Waals surface area contributed by atoms with Gasteiger partial charge in [-0.2, -0.15) is 13.2 Å². The van der Waals surface area contributed by atoms with E-state index in [-0.39, 0.29) is 25.0 Å². The van der Waals surface area contributed by atoms with E-state index in [1.807, 2.05) is 37.3 Å². The van der Waals surface area contributed by atoms with Gasteiger partial charge in [-0.3, -0.25) is 0 Å². The molecule has 2 atom stereocenters. The summed E-state index contributed by atoms with van der Waals surface area (Å²) in [6, 6.07) is 18.0. The third-order valence-electron chi connectivity index (χ3n) is 7.85. The minimum absolute atomic E-state index is 0.0137. The van der Waals surface area contributed by atoms with Crippen molar-refractivity contribution in [2.45, 2.75) is 109 Å². The van der Waals surface area contributed by atoms with Crippen LogP contribution in [0.25, 0.3) is 5.57 Å². The van der Waals surface area contributed by atoms with Crippen LogP contribution >= 0.6 is 0 Å². The highest BCUT2D eigenvalue weighted by Gasteiger charge is 2.38. The molecule has 1 aliphatic carbocycles. The minimum Gasteiger partial charge on any atom is -0.494 e. The lowest BCUT2D eigenvalue weighted by Crippen LogP contribution is -2.31. The third kappa shape index (κ3) is 10.8. The van der Waals surface area contributed by atoms with E-state index < -0.39 is 12.1 Å². The van der Waals surface area contributed by atoms with Crippen LogP contribution in [0.2, 0.25) is 0 Å². The molecule has 0 spiro atoms. The largest absolute Gasteiger partial charge is 0.494 e. The van der Waals surface area contributed by atoms with Gasteiger partial charge in [-0.1, -0.05) is 126 Å². The summed E-state index contributed by atoms with van der Waals surface area (Å²) in [6.07, 6.45) is 13.3. The molecule has 220 valence electrons. The Morgan fingerprint density at radius 3 is 2.17 bits per heavy atom. The van der Waals surface area contributed by atoms with Crippen molar-refractivity contribution in [3.8, 4) is 5.75 Å². The van der Waals surface area contributed by atoms with Crippen LogP contribution in [0.15, 0.2) is 72.8 Å². The van der Waals surface area contributed by atoms with Gasteiger partial charge in [0.15, 0.2) is 0 Å². The zero-order valence-corrected chi connectivity index (χ0v) is 24.4. The van der Waals surface area contributed by atoms with Crippen LogP contribution < -0.4 is 4.74 Å². The first-order valence-electron chi connectivity index (χ1n) is 15.2. The van der Waals surface area contributed by atoms with Crippen LogP contribution in [0.1, 0.15) is 102 Å². The summed E-state index contributed by atoms with van der Waals surface area (Å²) in [7, 11) is 0. The molecule has 5 heteroatoms. The molecule has 0 fully saturated rings. The van der Waals surface area contributed by atoms with Gasteiger partial charge in [-0.05, 0) is 54.5 Å². The molecule has 0 aliphatic heterocycles. The van der Waals surface area contributed by atoms with Crippen molar-refractivity contribution in [2.24, 2.45) is 5.92 Å². The molecule has 0 radical (unpaired) electrons. The summed E-state index contributed by atoms with van der Waals surface area (Å²) in [6.45, 7) is 4.69. The molecule has 2 aromatic rings. The second kappa shape index (κ2) is 16.7. The molecule has 0 heterocycles. The van der Waals surface area contributed by atoms with Crippen LogP contribution in [0.5, 0.6) is 5.75 Å². The van der Waals surface area contributed by atoms with E-state index in [9.17, 15) is 13.2 Å². The topological polar surface area (TPSA) is 18.5 Å². The summed E-state index contributed by atoms with van der Waals surface area (Å²) < 4.78 is 52.1. The van der Waals surface area contributed by atoms with Crippen LogP contribution in [0, 0.1) is 5.92 Å². The van der Waals surface area contributed by atoms with Crippen LogP contribution in [-0.4, -0.2) is 18.4 Å². The summed E-state index contributed by atoms with van der Waals surface area (Å²) in [5.41, 5.74) is 3.14. The number of ether oxygens (including phenoxy) is 2. The van der Waals surface area contributed by atoms with Gasteiger partial charge in [-0.15, -0.1) is 0 Å². The van der Waals surface area contributed by atoms with Gasteiger partial charge in [0.1, 0.15) is 5.75 Å². The first-order valence-corrected chi connectivity index (χ1v) is 15.2. The van der Waals surface area contributed by atoms with Crippen molar-refractivity contribution < 1.29 is 22.6 Å². The molecular weight excluding hydrogens is 509 g/mol. The number of rotatable bonds is 18. The molecular formula is C35H47F3O2. The maximum absolute atomic E-state index is 13.3. The van der Waals surface area contributed by atoms with Gasteiger partial charge in [0.05, 0.1) is 24.7 Å². The Hall–Kier alpha value is -2.53. The van der Waals surface area contributed by atoms with Crippen molar-refractivity contribution in [2.75, 3.05) is 6.61 Å². The first kappa shape index (κ1) is 32.0. The predicted molar refractivity (Wildman–Crippen MR) is 159 cm³/mol. The highest BCUT2D eigenvalue weighted by molar-refractivity contribution is 5.75. The molecule has 0 bridgehead atoms. The zero-order valence-electron chi connectivity index (χ0n) is 24.4. The van der Waals surface area contributed by atoms with Gasteiger partial charge >= 0.3 is 6.18 Å². The fraction of sp³-hybridized carbons (Fsp3) is 0.543. The Morgan fingerprint density at radius 2 is 1.52 bits per heavy atom. The van der Waals surface area contributed by atoms with Crippen molar-refractivity contribution in [3.05, 3.63) is 84.0 Å². The summed E-state index contributed by atoms with van der Waals surface area (Å²) in [5.74, 6) is -0.710. The summed E-state index contributed by atoms with van der Waals surface area (Å²) in [4.78, 5) is 0. The lowest BCUT2D eigenvalue weighted by Gasteiger charge is -2.33. The van der Waals surface area contributed by atoms with Crippen molar-refractivity contribution >= 4 is 5.57 Å². The average molecular weight is 557 g/mol. The Balaban J connectivity index is 1.54. The Kier molecular flexibility index (Phi) is 13.3. The normalized spacial score (nSPS) is 18.0.